The van der Waals surface area contributed by atoms with E-state index in [-0.39, 0.29) is 0 Å². The van der Waals surface area contributed by atoms with Gasteiger partial charge in [-0.3, -0.25) is 0 Å². The van der Waals surface area contributed by atoms with Crippen LogP contribution in [0.15, 0.2) is 0 Å². The summed E-state index contributed by atoms with van der Waals surface area (Å²) in [5.74, 6) is 0.873. The lowest BCUT2D eigenvalue weighted by molar-refractivity contribution is -0.0970. The Morgan fingerprint density at radius 3 is 2.69 bits per heavy atom. The molecule has 1 saturated carbocycles. The van der Waals surface area contributed by atoms with Crippen LogP contribution in [0.4, 0.5) is 0 Å². The molecule has 3 atom stereocenters. The van der Waals surface area contributed by atoms with Crippen molar-refractivity contribution in [1.29, 1.82) is 0 Å². The van der Waals surface area contributed by atoms with Crippen LogP contribution in [0.3, 0.4) is 0 Å². The van der Waals surface area contributed by atoms with E-state index in [1.807, 2.05) is 0 Å². The summed E-state index contributed by atoms with van der Waals surface area (Å²) in [6, 6.07) is 0. The zero-order chi connectivity index (χ0) is 9.31. The highest BCUT2D eigenvalue weighted by atomic mass is 16.5. The van der Waals surface area contributed by atoms with Crippen LogP contribution < -0.4 is 0 Å². The first-order valence-electron chi connectivity index (χ1n) is 5.53. The fourth-order valence-electron chi connectivity index (χ4n) is 2.93. The molecule has 1 aliphatic heterocycles. The fraction of sp³-hybridized carbons (Fsp3) is 1.00. The van der Waals surface area contributed by atoms with E-state index in [1.165, 1.54) is 12.8 Å². The lowest BCUT2D eigenvalue weighted by atomic mass is 9.77. The minimum absolute atomic E-state index is 0.402. The Kier molecular flexibility index (Phi) is 2.61. The van der Waals surface area contributed by atoms with Crippen molar-refractivity contribution in [2.45, 2.75) is 44.6 Å². The van der Waals surface area contributed by atoms with Crippen LogP contribution in [0.25, 0.3) is 0 Å². The molecular weight excluding hydrogens is 164 g/mol. The highest BCUT2D eigenvalue weighted by Gasteiger charge is 2.45. The monoisotopic (exact) mass is 184 g/mol. The van der Waals surface area contributed by atoms with Crippen LogP contribution in [0.1, 0.15) is 39.0 Å². The van der Waals surface area contributed by atoms with Gasteiger partial charge in [-0.05, 0) is 31.6 Å². The predicted octanol–water partition coefficient (Wildman–Crippen LogP) is 1.96. The Morgan fingerprint density at radius 2 is 2.15 bits per heavy atom. The maximum Gasteiger partial charge on any atom is 0.0723 e. The van der Waals surface area contributed by atoms with Crippen molar-refractivity contribution in [3.05, 3.63) is 0 Å². The van der Waals surface area contributed by atoms with Crippen LogP contribution >= 0.6 is 0 Å². The maximum atomic E-state index is 10.5. The van der Waals surface area contributed by atoms with Gasteiger partial charge in [-0.1, -0.05) is 13.3 Å². The van der Waals surface area contributed by atoms with Crippen molar-refractivity contribution in [2.24, 2.45) is 11.8 Å². The van der Waals surface area contributed by atoms with E-state index in [9.17, 15) is 5.11 Å². The van der Waals surface area contributed by atoms with E-state index in [0.29, 0.717) is 11.8 Å². The van der Waals surface area contributed by atoms with Gasteiger partial charge in [0.25, 0.3) is 0 Å². The van der Waals surface area contributed by atoms with E-state index in [1.54, 1.807) is 0 Å². The van der Waals surface area contributed by atoms with Crippen molar-refractivity contribution in [1.82, 2.24) is 0 Å². The number of hydrogen-bond donors (Lipinski definition) is 1. The fourth-order valence-corrected chi connectivity index (χ4v) is 2.93. The van der Waals surface area contributed by atoms with Gasteiger partial charge in [0.15, 0.2) is 0 Å². The number of rotatable bonds is 1. The summed E-state index contributed by atoms with van der Waals surface area (Å²) in [7, 11) is 0. The van der Waals surface area contributed by atoms with Crippen LogP contribution in [-0.2, 0) is 4.74 Å². The Balaban J connectivity index is 2.03. The Bertz CT molecular complexity index is 175. The van der Waals surface area contributed by atoms with Gasteiger partial charge in [-0.15, -0.1) is 0 Å². The van der Waals surface area contributed by atoms with Crippen LogP contribution in [0.2, 0.25) is 0 Å². The predicted molar refractivity (Wildman–Crippen MR) is 51.5 cm³/mol. The van der Waals surface area contributed by atoms with Gasteiger partial charge in [0, 0.05) is 12.5 Å². The molecule has 0 aromatic carbocycles. The molecule has 1 N–H and O–H groups in total. The van der Waals surface area contributed by atoms with E-state index in [4.69, 9.17) is 4.74 Å². The van der Waals surface area contributed by atoms with Crippen molar-refractivity contribution in [3.63, 3.8) is 0 Å². The smallest absolute Gasteiger partial charge is 0.0723 e. The van der Waals surface area contributed by atoms with E-state index in [2.05, 4.69) is 6.92 Å². The van der Waals surface area contributed by atoms with E-state index in [0.717, 1.165) is 32.5 Å². The zero-order valence-electron chi connectivity index (χ0n) is 8.46. The topological polar surface area (TPSA) is 29.5 Å². The molecule has 0 aromatic rings. The minimum atomic E-state index is -0.402. The highest BCUT2D eigenvalue weighted by Crippen LogP contribution is 2.43. The average Bonchev–Trinajstić information content (AvgIpc) is 2.50. The Morgan fingerprint density at radius 1 is 1.31 bits per heavy atom. The standard InChI is InChI=1S/C11H20O2/c1-9-4-2-6-11(9,12)10-5-3-7-13-8-10/h9-10,12H,2-8H2,1H3. The Labute approximate surface area is 80.3 Å². The summed E-state index contributed by atoms with van der Waals surface area (Å²) in [5, 5.41) is 10.5. The summed E-state index contributed by atoms with van der Waals surface area (Å²) in [5.41, 5.74) is -0.402. The van der Waals surface area contributed by atoms with Gasteiger partial charge in [0.2, 0.25) is 0 Å². The average molecular weight is 184 g/mol. The quantitative estimate of drug-likeness (QED) is 0.675. The summed E-state index contributed by atoms with van der Waals surface area (Å²) < 4.78 is 5.45. The second-order valence-electron chi connectivity index (χ2n) is 4.70. The molecule has 76 valence electrons. The van der Waals surface area contributed by atoms with Gasteiger partial charge in [-0.2, -0.15) is 0 Å². The van der Waals surface area contributed by atoms with Gasteiger partial charge in [-0.25, -0.2) is 0 Å². The van der Waals surface area contributed by atoms with E-state index < -0.39 is 5.60 Å². The molecule has 2 rings (SSSR count). The largest absolute Gasteiger partial charge is 0.389 e. The van der Waals surface area contributed by atoms with Gasteiger partial charge >= 0.3 is 0 Å². The molecule has 2 aliphatic rings. The number of aliphatic hydroxyl groups is 1. The lowest BCUT2D eigenvalue weighted by Crippen LogP contribution is -2.44. The SMILES string of the molecule is CC1CCCC1(O)C1CCCOC1. The van der Waals surface area contributed by atoms with Crippen LogP contribution in [-0.4, -0.2) is 23.9 Å². The molecule has 13 heavy (non-hydrogen) atoms. The lowest BCUT2D eigenvalue weighted by Gasteiger charge is -2.38. The molecule has 0 aromatic heterocycles. The van der Waals surface area contributed by atoms with Crippen molar-refractivity contribution >= 4 is 0 Å². The molecule has 3 unspecified atom stereocenters. The molecule has 0 spiro atoms. The van der Waals surface area contributed by atoms with E-state index >= 15 is 0 Å². The van der Waals surface area contributed by atoms with Crippen molar-refractivity contribution in [2.75, 3.05) is 13.2 Å². The second kappa shape index (κ2) is 3.58. The highest BCUT2D eigenvalue weighted by molar-refractivity contribution is 4.95. The molecule has 0 radical (unpaired) electrons. The van der Waals surface area contributed by atoms with Gasteiger partial charge < -0.3 is 9.84 Å². The third-order valence-corrected chi connectivity index (χ3v) is 3.94. The van der Waals surface area contributed by atoms with Crippen molar-refractivity contribution < 1.29 is 9.84 Å². The zero-order valence-corrected chi connectivity index (χ0v) is 8.46. The molecule has 0 bridgehead atoms. The first kappa shape index (κ1) is 9.47. The third kappa shape index (κ3) is 1.62. The Hall–Kier alpha value is -0.0800. The molecule has 0 amide bonds. The molecule has 2 fully saturated rings. The summed E-state index contributed by atoms with van der Waals surface area (Å²) in [6.07, 6.45) is 5.64. The maximum absolute atomic E-state index is 10.5. The number of hydrogen-bond acceptors (Lipinski definition) is 2. The van der Waals surface area contributed by atoms with Crippen LogP contribution in [0, 0.1) is 11.8 Å². The van der Waals surface area contributed by atoms with Gasteiger partial charge in [0.1, 0.15) is 0 Å². The molecule has 2 heteroatoms. The normalized spacial score (nSPS) is 46.6. The molecule has 1 aliphatic carbocycles. The number of ether oxygens (including phenoxy) is 1. The molecule has 1 saturated heterocycles. The molecule has 2 nitrogen and oxygen atoms in total. The summed E-state index contributed by atoms with van der Waals surface area (Å²) >= 11 is 0. The first-order chi connectivity index (χ1) is 6.23. The third-order valence-electron chi connectivity index (χ3n) is 3.94. The summed E-state index contributed by atoms with van der Waals surface area (Å²) in [6.45, 7) is 3.85. The summed E-state index contributed by atoms with van der Waals surface area (Å²) in [4.78, 5) is 0. The molecule has 1 heterocycles. The van der Waals surface area contributed by atoms with Crippen molar-refractivity contribution in [3.8, 4) is 0 Å². The van der Waals surface area contributed by atoms with Crippen LogP contribution in [0.5, 0.6) is 0 Å². The second-order valence-corrected chi connectivity index (χ2v) is 4.70. The first-order valence-corrected chi connectivity index (χ1v) is 5.53. The minimum Gasteiger partial charge on any atom is -0.389 e. The van der Waals surface area contributed by atoms with Gasteiger partial charge in [0.05, 0.1) is 12.2 Å². The molecular formula is C11H20O2.